The van der Waals surface area contributed by atoms with Gasteiger partial charge in [0.15, 0.2) is 11.5 Å². The van der Waals surface area contributed by atoms with Gasteiger partial charge in [0.2, 0.25) is 5.91 Å². The molecule has 0 aliphatic rings. The Kier molecular flexibility index (Phi) is 9.55. The Balaban J connectivity index is 1.87. The Morgan fingerprint density at radius 1 is 0.842 bits per heavy atom. The van der Waals surface area contributed by atoms with Crippen LogP contribution in [0.2, 0.25) is 0 Å². The summed E-state index contributed by atoms with van der Waals surface area (Å²) in [6.07, 6.45) is 0.108. The molecule has 0 bridgehead atoms. The predicted molar refractivity (Wildman–Crippen MR) is 142 cm³/mol. The van der Waals surface area contributed by atoms with Gasteiger partial charge in [-0.25, -0.2) is 8.42 Å². The minimum Gasteiger partial charge on any atom is -0.497 e. The number of nitrogens with zero attached hydrogens (tertiary/aromatic N) is 1. The lowest BCUT2D eigenvalue weighted by Gasteiger charge is -2.24. The van der Waals surface area contributed by atoms with Crippen molar-refractivity contribution in [2.45, 2.75) is 18.2 Å². The quantitative estimate of drug-likeness (QED) is 0.345. The molecule has 3 aromatic carbocycles. The first-order chi connectivity index (χ1) is 18.2. The number of carbonyl (C=O) groups excluding carboxylic acids is 2. The van der Waals surface area contributed by atoms with Crippen LogP contribution in [0.3, 0.4) is 0 Å². The first-order valence-electron chi connectivity index (χ1n) is 11.6. The zero-order valence-electron chi connectivity index (χ0n) is 21.6. The third-order valence-electron chi connectivity index (χ3n) is 5.48. The van der Waals surface area contributed by atoms with Crippen LogP contribution in [0.15, 0.2) is 71.6 Å². The van der Waals surface area contributed by atoms with E-state index in [1.54, 1.807) is 55.5 Å². The standard InChI is InChI=1S/C27H30N2O8S/c1-5-37-27(31)16-19-6-8-20(9-7-19)28-26(30)18-29(21-10-12-22(34-2)13-11-21)38(32,33)23-14-15-24(35-3)25(17-23)36-4/h6-15,17H,5,16,18H2,1-4H3,(H,28,30). The van der Waals surface area contributed by atoms with Crippen molar-refractivity contribution < 1.29 is 37.0 Å². The predicted octanol–water partition coefficient (Wildman–Crippen LogP) is 3.65. The zero-order chi connectivity index (χ0) is 27.7. The normalized spacial score (nSPS) is 10.8. The van der Waals surface area contributed by atoms with E-state index in [0.29, 0.717) is 23.8 Å². The average Bonchev–Trinajstić information content (AvgIpc) is 2.92. The molecule has 3 aromatic rings. The molecule has 202 valence electrons. The number of methoxy groups -OCH3 is 3. The summed E-state index contributed by atoms with van der Waals surface area (Å²) in [4.78, 5) is 24.6. The molecule has 0 saturated carbocycles. The molecule has 3 rings (SSSR count). The van der Waals surface area contributed by atoms with E-state index in [4.69, 9.17) is 18.9 Å². The molecule has 0 aliphatic heterocycles. The lowest BCUT2D eigenvalue weighted by molar-refractivity contribution is -0.142. The minimum absolute atomic E-state index is 0.0814. The molecule has 0 radical (unpaired) electrons. The molecule has 0 atom stereocenters. The molecular formula is C27H30N2O8S. The molecule has 0 aliphatic carbocycles. The van der Waals surface area contributed by atoms with Gasteiger partial charge in [-0.15, -0.1) is 0 Å². The van der Waals surface area contributed by atoms with Gasteiger partial charge in [0.25, 0.3) is 10.0 Å². The number of nitrogens with one attached hydrogen (secondary N) is 1. The Labute approximate surface area is 222 Å². The van der Waals surface area contributed by atoms with Crippen molar-refractivity contribution in [2.75, 3.05) is 44.1 Å². The molecule has 38 heavy (non-hydrogen) atoms. The monoisotopic (exact) mass is 542 g/mol. The molecule has 0 saturated heterocycles. The van der Waals surface area contributed by atoms with Gasteiger partial charge in [-0.3, -0.25) is 13.9 Å². The summed E-state index contributed by atoms with van der Waals surface area (Å²) in [5.74, 6) is 0.217. The second kappa shape index (κ2) is 12.8. The number of ether oxygens (including phenoxy) is 4. The second-order valence-electron chi connectivity index (χ2n) is 7.95. The third-order valence-corrected chi connectivity index (χ3v) is 7.25. The van der Waals surface area contributed by atoms with Gasteiger partial charge in [-0.2, -0.15) is 0 Å². The first-order valence-corrected chi connectivity index (χ1v) is 13.1. The van der Waals surface area contributed by atoms with Crippen LogP contribution in [-0.4, -0.2) is 54.8 Å². The summed E-state index contributed by atoms with van der Waals surface area (Å²) < 4.78 is 49.0. The Bertz CT molecular complexity index is 1360. The summed E-state index contributed by atoms with van der Waals surface area (Å²) in [5, 5.41) is 2.70. The highest BCUT2D eigenvalue weighted by Gasteiger charge is 2.28. The molecule has 0 fully saturated rings. The lowest BCUT2D eigenvalue weighted by Crippen LogP contribution is -2.38. The molecule has 0 unspecified atom stereocenters. The van der Waals surface area contributed by atoms with Crippen molar-refractivity contribution in [2.24, 2.45) is 0 Å². The number of esters is 1. The molecular weight excluding hydrogens is 512 g/mol. The molecule has 1 N–H and O–H groups in total. The number of carbonyl (C=O) groups is 2. The maximum absolute atomic E-state index is 13.7. The lowest BCUT2D eigenvalue weighted by atomic mass is 10.1. The van der Waals surface area contributed by atoms with Gasteiger partial charge in [0.1, 0.15) is 12.3 Å². The molecule has 1 amide bonds. The van der Waals surface area contributed by atoms with Crippen LogP contribution in [0.25, 0.3) is 0 Å². The minimum atomic E-state index is -4.20. The van der Waals surface area contributed by atoms with Crippen molar-refractivity contribution in [3.8, 4) is 17.2 Å². The number of benzene rings is 3. The van der Waals surface area contributed by atoms with E-state index in [-0.39, 0.29) is 28.7 Å². The van der Waals surface area contributed by atoms with E-state index in [2.05, 4.69) is 5.32 Å². The van der Waals surface area contributed by atoms with Gasteiger partial charge in [-0.1, -0.05) is 12.1 Å². The van der Waals surface area contributed by atoms with Gasteiger partial charge >= 0.3 is 5.97 Å². The fourth-order valence-electron chi connectivity index (χ4n) is 3.58. The van der Waals surface area contributed by atoms with E-state index in [1.165, 1.54) is 39.5 Å². The third kappa shape index (κ3) is 6.94. The van der Waals surface area contributed by atoms with Gasteiger partial charge in [0, 0.05) is 11.8 Å². The van der Waals surface area contributed by atoms with E-state index in [9.17, 15) is 18.0 Å². The van der Waals surface area contributed by atoms with Crippen LogP contribution in [0.1, 0.15) is 12.5 Å². The maximum Gasteiger partial charge on any atom is 0.310 e. The second-order valence-corrected chi connectivity index (χ2v) is 9.82. The van der Waals surface area contributed by atoms with Crippen molar-refractivity contribution in [3.05, 3.63) is 72.3 Å². The fourth-order valence-corrected chi connectivity index (χ4v) is 5.02. The number of amides is 1. The summed E-state index contributed by atoms with van der Waals surface area (Å²) in [6.45, 7) is 1.52. The number of hydrogen-bond donors (Lipinski definition) is 1. The van der Waals surface area contributed by atoms with Crippen LogP contribution in [0.4, 0.5) is 11.4 Å². The summed E-state index contributed by atoms with van der Waals surface area (Å²) in [5.41, 5.74) is 1.43. The fraction of sp³-hybridized carbons (Fsp3) is 0.259. The van der Waals surface area contributed by atoms with Crippen LogP contribution in [-0.2, 0) is 30.8 Å². The van der Waals surface area contributed by atoms with Crippen molar-refractivity contribution in [1.82, 2.24) is 0 Å². The van der Waals surface area contributed by atoms with Crippen LogP contribution in [0.5, 0.6) is 17.2 Å². The van der Waals surface area contributed by atoms with E-state index < -0.39 is 22.5 Å². The molecule has 0 aromatic heterocycles. The van der Waals surface area contributed by atoms with Crippen molar-refractivity contribution >= 4 is 33.3 Å². The number of sulfonamides is 1. The average molecular weight is 543 g/mol. The highest BCUT2D eigenvalue weighted by Crippen LogP contribution is 2.32. The first kappa shape index (κ1) is 28.3. The number of rotatable bonds is 12. The maximum atomic E-state index is 13.7. The van der Waals surface area contributed by atoms with Gasteiger partial charge < -0.3 is 24.3 Å². The van der Waals surface area contributed by atoms with Crippen LogP contribution in [0, 0.1) is 0 Å². The van der Waals surface area contributed by atoms with Crippen LogP contribution >= 0.6 is 0 Å². The summed E-state index contributed by atoms with van der Waals surface area (Å²) in [7, 11) is 0.151. The molecule has 10 nitrogen and oxygen atoms in total. The molecule has 0 spiro atoms. The number of hydrogen-bond acceptors (Lipinski definition) is 8. The van der Waals surface area contributed by atoms with Gasteiger partial charge in [0.05, 0.1) is 44.9 Å². The Morgan fingerprint density at radius 3 is 2.08 bits per heavy atom. The highest BCUT2D eigenvalue weighted by atomic mass is 32.2. The zero-order valence-corrected chi connectivity index (χ0v) is 22.4. The van der Waals surface area contributed by atoms with Crippen molar-refractivity contribution in [1.29, 1.82) is 0 Å². The van der Waals surface area contributed by atoms with E-state index in [1.807, 2.05) is 0 Å². The van der Waals surface area contributed by atoms with Gasteiger partial charge in [-0.05, 0) is 61.0 Å². The van der Waals surface area contributed by atoms with E-state index in [0.717, 1.165) is 9.87 Å². The number of anilines is 2. The largest absolute Gasteiger partial charge is 0.497 e. The smallest absolute Gasteiger partial charge is 0.310 e. The Morgan fingerprint density at radius 2 is 1.50 bits per heavy atom. The topological polar surface area (TPSA) is 120 Å². The SMILES string of the molecule is CCOC(=O)Cc1ccc(NC(=O)CN(c2ccc(OC)cc2)S(=O)(=O)c2ccc(OC)c(OC)c2)cc1. The summed E-state index contributed by atoms with van der Waals surface area (Å²) >= 11 is 0. The Hall–Kier alpha value is -4.25. The van der Waals surface area contributed by atoms with E-state index >= 15 is 0 Å². The molecule has 11 heteroatoms. The molecule has 0 heterocycles. The van der Waals surface area contributed by atoms with Crippen molar-refractivity contribution in [3.63, 3.8) is 0 Å². The van der Waals surface area contributed by atoms with Crippen LogP contribution < -0.4 is 23.8 Å². The summed E-state index contributed by atoms with van der Waals surface area (Å²) in [6, 6.07) is 17.2. The highest BCUT2D eigenvalue weighted by molar-refractivity contribution is 7.92.